The van der Waals surface area contributed by atoms with E-state index < -0.39 is 10.0 Å². The van der Waals surface area contributed by atoms with E-state index in [1.165, 1.54) is 11.3 Å². The molecule has 1 aromatic rings. The second kappa shape index (κ2) is 6.65. The van der Waals surface area contributed by atoms with Crippen molar-refractivity contribution in [3.05, 3.63) is 15.8 Å². The zero-order valence-electron chi connectivity index (χ0n) is 11.4. The molecule has 0 aromatic carbocycles. The van der Waals surface area contributed by atoms with Gasteiger partial charge in [0.15, 0.2) is 0 Å². The molecule has 0 amide bonds. The van der Waals surface area contributed by atoms with Crippen molar-refractivity contribution in [2.75, 3.05) is 6.54 Å². The average Bonchev–Trinajstić information content (AvgIpc) is 2.59. The Morgan fingerprint density at radius 1 is 1.39 bits per heavy atom. The molecule has 0 unspecified atom stereocenters. The van der Waals surface area contributed by atoms with Crippen LogP contribution in [0.2, 0.25) is 0 Å². The average molecular weight is 290 g/mol. The summed E-state index contributed by atoms with van der Waals surface area (Å²) in [5.74, 6) is 0. The Bertz CT molecular complexity index is 478. The first-order valence-electron chi connectivity index (χ1n) is 6.18. The number of hydrogen-bond donors (Lipinski definition) is 2. The summed E-state index contributed by atoms with van der Waals surface area (Å²) in [5, 5.41) is 5.15. The van der Waals surface area contributed by atoms with Crippen molar-refractivity contribution in [1.82, 2.24) is 10.0 Å². The maximum absolute atomic E-state index is 12.2. The molecule has 6 heteroatoms. The standard InChI is InChI=1S/C12H22N2O2S2/c1-5-6-13-7-11-12(10(4)8-17-11)18(15,16)14-9(2)3/h8-9,13-14H,5-7H2,1-4H3. The van der Waals surface area contributed by atoms with Gasteiger partial charge in [-0.2, -0.15) is 0 Å². The Hall–Kier alpha value is -0.430. The third-order valence-corrected chi connectivity index (χ3v) is 5.48. The molecule has 0 aliphatic carbocycles. The normalized spacial score (nSPS) is 12.3. The van der Waals surface area contributed by atoms with Crippen LogP contribution in [0.1, 0.15) is 37.6 Å². The maximum Gasteiger partial charge on any atom is 0.242 e. The minimum absolute atomic E-state index is 0.0919. The van der Waals surface area contributed by atoms with E-state index in [9.17, 15) is 8.42 Å². The van der Waals surface area contributed by atoms with Crippen LogP contribution in [0.25, 0.3) is 0 Å². The second-order valence-electron chi connectivity index (χ2n) is 4.62. The summed E-state index contributed by atoms with van der Waals surface area (Å²) in [7, 11) is -3.39. The van der Waals surface area contributed by atoms with Crippen LogP contribution < -0.4 is 10.0 Å². The molecule has 0 fully saturated rings. The SMILES string of the molecule is CCCNCc1scc(C)c1S(=O)(=O)NC(C)C. The van der Waals surface area contributed by atoms with Crippen molar-refractivity contribution < 1.29 is 8.42 Å². The van der Waals surface area contributed by atoms with Crippen LogP contribution in [-0.2, 0) is 16.6 Å². The Morgan fingerprint density at radius 2 is 2.06 bits per heavy atom. The number of sulfonamides is 1. The van der Waals surface area contributed by atoms with Gasteiger partial charge in [0.05, 0.1) is 0 Å². The van der Waals surface area contributed by atoms with Crippen LogP contribution in [0, 0.1) is 6.92 Å². The number of aryl methyl sites for hydroxylation is 1. The molecular weight excluding hydrogens is 268 g/mol. The zero-order valence-corrected chi connectivity index (χ0v) is 13.0. The zero-order chi connectivity index (χ0) is 13.8. The van der Waals surface area contributed by atoms with Crippen molar-refractivity contribution in [3.63, 3.8) is 0 Å². The van der Waals surface area contributed by atoms with Gasteiger partial charge in [-0.3, -0.25) is 0 Å². The van der Waals surface area contributed by atoms with Gasteiger partial charge in [-0.1, -0.05) is 6.92 Å². The van der Waals surface area contributed by atoms with E-state index in [0.29, 0.717) is 11.4 Å². The minimum atomic E-state index is -3.39. The first-order valence-corrected chi connectivity index (χ1v) is 8.54. The van der Waals surface area contributed by atoms with Gasteiger partial charge < -0.3 is 5.32 Å². The maximum atomic E-state index is 12.2. The molecular formula is C12H22N2O2S2. The van der Waals surface area contributed by atoms with Gasteiger partial charge in [0.2, 0.25) is 10.0 Å². The summed E-state index contributed by atoms with van der Waals surface area (Å²) in [4.78, 5) is 1.33. The molecule has 0 aliphatic heterocycles. The third-order valence-electron chi connectivity index (χ3n) is 2.36. The summed E-state index contributed by atoms with van der Waals surface area (Å²) in [6, 6.07) is -0.0919. The number of nitrogens with one attached hydrogen (secondary N) is 2. The summed E-state index contributed by atoms with van der Waals surface area (Å²) in [6.45, 7) is 9.09. The minimum Gasteiger partial charge on any atom is -0.312 e. The van der Waals surface area contributed by atoms with E-state index in [1.807, 2.05) is 26.2 Å². The summed E-state index contributed by atoms with van der Waals surface area (Å²) >= 11 is 1.50. The van der Waals surface area contributed by atoms with Gasteiger partial charge in [0, 0.05) is 17.5 Å². The molecule has 2 N–H and O–H groups in total. The molecule has 18 heavy (non-hydrogen) atoms. The molecule has 0 saturated heterocycles. The fourth-order valence-corrected chi connectivity index (χ4v) is 4.75. The molecule has 0 atom stereocenters. The Labute approximate surface area is 114 Å². The Kier molecular flexibility index (Phi) is 5.78. The summed E-state index contributed by atoms with van der Waals surface area (Å²) in [5.41, 5.74) is 0.821. The van der Waals surface area contributed by atoms with Crippen LogP contribution in [0.15, 0.2) is 10.3 Å². The molecule has 1 heterocycles. The van der Waals surface area contributed by atoms with Crippen molar-refractivity contribution >= 4 is 21.4 Å². The van der Waals surface area contributed by atoms with E-state index in [4.69, 9.17) is 0 Å². The number of rotatable bonds is 7. The molecule has 1 rings (SSSR count). The highest BCUT2D eigenvalue weighted by molar-refractivity contribution is 7.89. The molecule has 0 aliphatic rings. The second-order valence-corrected chi connectivity index (χ2v) is 7.24. The topological polar surface area (TPSA) is 58.2 Å². The molecule has 4 nitrogen and oxygen atoms in total. The van der Waals surface area contributed by atoms with Crippen LogP contribution >= 0.6 is 11.3 Å². The lowest BCUT2D eigenvalue weighted by Gasteiger charge is -2.11. The predicted octanol–water partition coefficient (Wildman–Crippen LogP) is 2.24. The van der Waals surface area contributed by atoms with E-state index in [2.05, 4.69) is 17.0 Å². The van der Waals surface area contributed by atoms with Gasteiger partial charge in [-0.15, -0.1) is 11.3 Å². The molecule has 0 spiro atoms. The molecule has 0 saturated carbocycles. The summed E-state index contributed by atoms with van der Waals surface area (Å²) in [6.07, 6.45) is 1.04. The molecule has 1 aromatic heterocycles. The molecule has 0 bridgehead atoms. The third kappa shape index (κ3) is 4.05. The number of thiophene rings is 1. The van der Waals surface area contributed by atoms with E-state index in [1.54, 1.807) is 0 Å². The largest absolute Gasteiger partial charge is 0.312 e. The highest BCUT2D eigenvalue weighted by Gasteiger charge is 2.23. The first kappa shape index (κ1) is 15.6. The van der Waals surface area contributed by atoms with Gasteiger partial charge in [0.1, 0.15) is 4.90 Å². The van der Waals surface area contributed by atoms with Crippen molar-refractivity contribution in [2.45, 2.75) is 51.6 Å². The first-order chi connectivity index (χ1) is 8.38. The van der Waals surface area contributed by atoms with E-state index in [0.717, 1.165) is 23.4 Å². The summed E-state index contributed by atoms with van der Waals surface area (Å²) < 4.78 is 27.1. The monoisotopic (exact) mass is 290 g/mol. The van der Waals surface area contributed by atoms with Gasteiger partial charge in [0.25, 0.3) is 0 Å². The van der Waals surface area contributed by atoms with E-state index in [-0.39, 0.29) is 6.04 Å². The van der Waals surface area contributed by atoms with Crippen molar-refractivity contribution in [1.29, 1.82) is 0 Å². The van der Waals surface area contributed by atoms with Crippen LogP contribution in [0.3, 0.4) is 0 Å². The van der Waals surface area contributed by atoms with Crippen molar-refractivity contribution in [2.24, 2.45) is 0 Å². The highest BCUT2D eigenvalue weighted by Crippen LogP contribution is 2.26. The van der Waals surface area contributed by atoms with Crippen LogP contribution in [0.4, 0.5) is 0 Å². The van der Waals surface area contributed by atoms with Crippen molar-refractivity contribution in [3.8, 4) is 0 Å². The van der Waals surface area contributed by atoms with Gasteiger partial charge in [-0.25, -0.2) is 13.1 Å². The lowest BCUT2D eigenvalue weighted by molar-refractivity contribution is 0.567. The van der Waals surface area contributed by atoms with E-state index >= 15 is 0 Å². The smallest absolute Gasteiger partial charge is 0.242 e. The Balaban J connectivity index is 2.96. The fraction of sp³-hybridized carbons (Fsp3) is 0.667. The number of hydrogen-bond acceptors (Lipinski definition) is 4. The van der Waals surface area contributed by atoms with Crippen LogP contribution in [0.5, 0.6) is 0 Å². The van der Waals surface area contributed by atoms with Gasteiger partial charge in [-0.05, 0) is 44.7 Å². The van der Waals surface area contributed by atoms with Crippen LogP contribution in [-0.4, -0.2) is 21.0 Å². The Morgan fingerprint density at radius 3 is 2.61 bits per heavy atom. The lowest BCUT2D eigenvalue weighted by Crippen LogP contribution is -2.31. The lowest BCUT2D eigenvalue weighted by atomic mass is 10.3. The fourth-order valence-electron chi connectivity index (χ4n) is 1.72. The highest BCUT2D eigenvalue weighted by atomic mass is 32.2. The molecule has 0 radical (unpaired) electrons. The molecule has 104 valence electrons. The predicted molar refractivity (Wildman–Crippen MR) is 76.5 cm³/mol. The van der Waals surface area contributed by atoms with Gasteiger partial charge >= 0.3 is 0 Å². The quantitative estimate of drug-likeness (QED) is 0.757.